The van der Waals surface area contributed by atoms with E-state index in [0.29, 0.717) is 0 Å². The normalized spacial score (nSPS) is 13.0. The number of fused-ring (bicyclic) bond motifs is 1. The SMILES string of the molecule is CNC(c1cc2cccc(C)c2o1)c1cc(C)c(Br)s1. The standard InChI is InChI=1S/C16H16BrNOS/c1-9-5-4-6-11-8-12(19-15(9)11)14(18-3)13-7-10(2)16(17)20-13/h4-8,14,18H,1-3H3. The van der Waals surface area contributed by atoms with Crippen LogP contribution in [0.25, 0.3) is 11.0 Å². The van der Waals surface area contributed by atoms with Gasteiger partial charge in [0.15, 0.2) is 0 Å². The molecule has 0 aliphatic heterocycles. The predicted octanol–water partition coefficient (Wildman–Crippen LogP) is 5.18. The molecule has 1 unspecified atom stereocenters. The molecule has 0 spiro atoms. The summed E-state index contributed by atoms with van der Waals surface area (Å²) in [5.74, 6) is 0.963. The lowest BCUT2D eigenvalue weighted by Gasteiger charge is -2.11. The molecule has 0 saturated heterocycles. The van der Waals surface area contributed by atoms with Gasteiger partial charge in [0.25, 0.3) is 0 Å². The van der Waals surface area contributed by atoms with E-state index in [2.05, 4.69) is 65.4 Å². The minimum absolute atomic E-state index is 0.0943. The largest absolute Gasteiger partial charge is 0.459 e. The van der Waals surface area contributed by atoms with Crippen molar-refractivity contribution < 1.29 is 4.42 Å². The minimum atomic E-state index is 0.0943. The number of thiophene rings is 1. The first kappa shape index (κ1) is 13.9. The molecule has 2 heterocycles. The first-order valence-corrected chi connectivity index (χ1v) is 8.13. The molecule has 3 aromatic rings. The fourth-order valence-corrected chi connectivity index (χ4v) is 4.11. The number of nitrogens with one attached hydrogen (secondary N) is 1. The van der Waals surface area contributed by atoms with Gasteiger partial charge in [0.2, 0.25) is 0 Å². The summed E-state index contributed by atoms with van der Waals surface area (Å²) >= 11 is 5.34. The summed E-state index contributed by atoms with van der Waals surface area (Å²) in [6, 6.07) is 10.7. The molecule has 2 aromatic heterocycles. The van der Waals surface area contributed by atoms with Crippen LogP contribution in [0.15, 0.2) is 38.5 Å². The Labute approximate surface area is 130 Å². The van der Waals surface area contributed by atoms with E-state index in [1.54, 1.807) is 11.3 Å². The highest BCUT2D eigenvalue weighted by atomic mass is 79.9. The van der Waals surface area contributed by atoms with Crippen LogP contribution in [-0.2, 0) is 0 Å². The van der Waals surface area contributed by atoms with Crippen LogP contribution in [0, 0.1) is 13.8 Å². The second kappa shape index (κ2) is 5.35. The van der Waals surface area contributed by atoms with Gasteiger partial charge in [-0.2, -0.15) is 0 Å². The molecule has 0 bridgehead atoms. The topological polar surface area (TPSA) is 25.2 Å². The maximum absolute atomic E-state index is 6.08. The fourth-order valence-electron chi connectivity index (χ4n) is 2.42. The molecular weight excluding hydrogens is 334 g/mol. The highest BCUT2D eigenvalue weighted by molar-refractivity contribution is 9.11. The van der Waals surface area contributed by atoms with Crippen LogP contribution in [-0.4, -0.2) is 7.05 Å². The Morgan fingerprint density at radius 3 is 2.60 bits per heavy atom. The van der Waals surface area contributed by atoms with Crippen molar-refractivity contribution in [1.29, 1.82) is 0 Å². The Morgan fingerprint density at radius 1 is 1.20 bits per heavy atom. The average Bonchev–Trinajstić information content (AvgIpc) is 2.97. The quantitative estimate of drug-likeness (QED) is 0.704. The van der Waals surface area contributed by atoms with Crippen molar-refractivity contribution in [2.45, 2.75) is 19.9 Å². The molecule has 20 heavy (non-hydrogen) atoms. The van der Waals surface area contributed by atoms with Crippen molar-refractivity contribution in [2.75, 3.05) is 7.05 Å². The van der Waals surface area contributed by atoms with Crippen LogP contribution in [0.4, 0.5) is 0 Å². The van der Waals surface area contributed by atoms with Crippen LogP contribution in [0.1, 0.15) is 27.8 Å². The third-order valence-electron chi connectivity index (χ3n) is 3.49. The van der Waals surface area contributed by atoms with E-state index in [9.17, 15) is 0 Å². The Bertz CT molecular complexity index is 740. The van der Waals surface area contributed by atoms with Crippen molar-refractivity contribution in [2.24, 2.45) is 0 Å². The van der Waals surface area contributed by atoms with Crippen molar-refractivity contribution in [1.82, 2.24) is 5.32 Å². The average molecular weight is 350 g/mol. The van der Waals surface area contributed by atoms with Crippen molar-refractivity contribution >= 4 is 38.2 Å². The van der Waals surface area contributed by atoms with Gasteiger partial charge in [0.1, 0.15) is 17.4 Å². The Morgan fingerprint density at radius 2 is 2.00 bits per heavy atom. The van der Waals surface area contributed by atoms with Gasteiger partial charge >= 0.3 is 0 Å². The van der Waals surface area contributed by atoms with E-state index in [-0.39, 0.29) is 6.04 Å². The summed E-state index contributed by atoms with van der Waals surface area (Å²) in [7, 11) is 1.97. The molecule has 0 aliphatic rings. The molecule has 1 atom stereocenters. The maximum Gasteiger partial charge on any atom is 0.137 e. The molecule has 0 amide bonds. The van der Waals surface area contributed by atoms with Gasteiger partial charge in [-0.1, -0.05) is 18.2 Å². The van der Waals surface area contributed by atoms with Gasteiger partial charge in [0.05, 0.1) is 3.79 Å². The summed E-state index contributed by atoms with van der Waals surface area (Å²) in [6.07, 6.45) is 0. The van der Waals surface area contributed by atoms with Crippen LogP contribution in [0.5, 0.6) is 0 Å². The van der Waals surface area contributed by atoms with Crippen molar-refractivity contribution in [3.63, 3.8) is 0 Å². The summed E-state index contributed by atoms with van der Waals surface area (Å²) in [5.41, 5.74) is 3.42. The number of para-hydroxylation sites is 1. The van der Waals surface area contributed by atoms with Crippen molar-refractivity contribution in [3.8, 4) is 0 Å². The van der Waals surface area contributed by atoms with Gasteiger partial charge in [-0.15, -0.1) is 11.3 Å². The van der Waals surface area contributed by atoms with E-state index in [0.717, 1.165) is 16.7 Å². The Balaban J connectivity index is 2.09. The number of halogens is 1. The predicted molar refractivity (Wildman–Crippen MR) is 88.6 cm³/mol. The number of aryl methyl sites for hydroxylation is 2. The summed E-state index contributed by atoms with van der Waals surface area (Å²) < 4.78 is 7.26. The smallest absolute Gasteiger partial charge is 0.137 e. The summed E-state index contributed by atoms with van der Waals surface area (Å²) in [4.78, 5) is 1.26. The number of rotatable bonds is 3. The van der Waals surface area contributed by atoms with E-state index in [4.69, 9.17) is 4.42 Å². The van der Waals surface area contributed by atoms with E-state index >= 15 is 0 Å². The van der Waals surface area contributed by atoms with Crippen LogP contribution < -0.4 is 5.32 Å². The second-order valence-electron chi connectivity index (χ2n) is 4.97. The maximum atomic E-state index is 6.08. The number of hydrogen-bond acceptors (Lipinski definition) is 3. The molecule has 104 valence electrons. The van der Waals surface area contributed by atoms with Gasteiger partial charge < -0.3 is 9.73 Å². The number of furan rings is 1. The number of benzene rings is 1. The van der Waals surface area contributed by atoms with Crippen LogP contribution in [0.3, 0.4) is 0 Å². The minimum Gasteiger partial charge on any atom is -0.459 e. The van der Waals surface area contributed by atoms with E-state index in [1.807, 2.05) is 7.05 Å². The molecule has 0 radical (unpaired) electrons. The highest BCUT2D eigenvalue weighted by Crippen LogP contribution is 2.36. The molecule has 2 nitrogen and oxygen atoms in total. The molecule has 0 fully saturated rings. The second-order valence-corrected chi connectivity index (χ2v) is 7.37. The van der Waals surface area contributed by atoms with Crippen LogP contribution >= 0.6 is 27.3 Å². The fraction of sp³-hybridized carbons (Fsp3) is 0.250. The molecule has 0 saturated carbocycles. The Kier molecular flexibility index (Phi) is 3.71. The first-order chi connectivity index (χ1) is 9.60. The Hall–Kier alpha value is -1.10. The van der Waals surface area contributed by atoms with Crippen LogP contribution in [0.2, 0.25) is 0 Å². The molecular formula is C16H16BrNOS. The van der Waals surface area contributed by atoms with E-state index < -0.39 is 0 Å². The molecule has 3 rings (SSSR count). The number of hydrogen-bond donors (Lipinski definition) is 1. The van der Waals surface area contributed by atoms with E-state index in [1.165, 1.54) is 19.8 Å². The van der Waals surface area contributed by atoms with Gasteiger partial charge in [-0.05, 0) is 60.1 Å². The third-order valence-corrected chi connectivity index (χ3v) is 5.70. The molecule has 1 N–H and O–H groups in total. The molecule has 1 aromatic carbocycles. The highest BCUT2D eigenvalue weighted by Gasteiger charge is 2.20. The van der Waals surface area contributed by atoms with Gasteiger partial charge in [-0.25, -0.2) is 0 Å². The monoisotopic (exact) mass is 349 g/mol. The lowest BCUT2D eigenvalue weighted by molar-refractivity contribution is 0.494. The first-order valence-electron chi connectivity index (χ1n) is 6.52. The summed E-state index contributed by atoms with van der Waals surface area (Å²) in [6.45, 7) is 4.19. The van der Waals surface area contributed by atoms with Gasteiger partial charge in [-0.3, -0.25) is 0 Å². The lowest BCUT2D eigenvalue weighted by Crippen LogP contribution is -2.15. The molecule has 4 heteroatoms. The van der Waals surface area contributed by atoms with Crippen molar-refractivity contribution in [3.05, 3.63) is 55.9 Å². The third kappa shape index (κ3) is 2.32. The lowest BCUT2D eigenvalue weighted by atomic mass is 10.1. The zero-order valence-corrected chi connectivity index (χ0v) is 14.1. The zero-order valence-electron chi connectivity index (χ0n) is 11.7. The summed E-state index contributed by atoms with van der Waals surface area (Å²) in [5, 5.41) is 4.51. The molecule has 0 aliphatic carbocycles. The van der Waals surface area contributed by atoms with Gasteiger partial charge in [0, 0.05) is 10.3 Å². The zero-order chi connectivity index (χ0) is 14.3.